The Morgan fingerprint density at radius 3 is 2.83 bits per heavy atom. The maximum absolute atomic E-state index is 12.3. The molecule has 1 aliphatic heterocycles. The first-order valence-electron chi connectivity index (χ1n) is 7.43. The number of hydrogen-bond acceptors (Lipinski definition) is 2. The summed E-state index contributed by atoms with van der Waals surface area (Å²) >= 11 is 0. The number of nitriles is 1. The number of rotatable bonds is 2. The van der Waals surface area contributed by atoms with E-state index < -0.39 is 0 Å². The molecule has 4 unspecified atom stereocenters. The van der Waals surface area contributed by atoms with Crippen LogP contribution in [-0.4, -0.2) is 23.9 Å². The zero-order chi connectivity index (χ0) is 12.5. The van der Waals surface area contributed by atoms with Crippen molar-refractivity contribution in [2.24, 2.45) is 23.7 Å². The molecular formula is C15H22N2O. The fourth-order valence-electron chi connectivity index (χ4n) is 4.29. The quantitative estimate of drug-likeness (QED) is 0.751. The van der Waals surface area contributed by atoms with Crippen molar-refractivity contribution < 1.29 is 4.79 Å². The third-order valence-corrected chi connectivity index (χ3v) is 5.28. The van der Waals surface area contributed by atoms with Crippen molar-refractivity contribution in [2.75, 3.05) is 13.1 Å². The second kappa shape index (κ2) is 4.91. The van der Waals surface area contributed by atoms with Crippen molar-refractivity contribution in [3.8, 4) is 6.07 Å². The van der Waals surface area contributed by atoms with E-state index >= 15 is 0 Å². The number of amides is 1. The molecule has 0 aromatic carbocycles. The summed E-state index contributed by atoms with van der Waals surface area (Å²) in [5.41, 5.74) is 0. The maximum atomic E-state index is 12.3. The molecule has 1 saturated heterocycles. The molecule has 3 fully saturated rings. The monoisotopic (exact) mass is 246 g/mol. The molecule has 0 aromatic rings. The van der Waals surface area contributed by atoms with Crippen molar-refractivity contribution in [3.63, 3.8) is 0 Å². The average molecular weight is 246 g/mol. The zero-order valence-corrected chi connectivity index (χ0v) is 11.0. The summed E-state index contributed by atoms with van der Waals surface area (Å²) in [7, 11) is 0. The molecule has 1 amide bonds. The topological polar surface area (TPSA) is 44.1 Å². The summed E-state index contributed by atoms with van der Waals surface area (Å²) in [5, 5.41) is 8.97. The van der Waals surface area contributed by atoms with E-state index in [-0.39, 0.29) is 5.92 Å². The Balaban J connectivity index is 1.54. The van der Waals surface area contributed by atoms with Crippen molar-refractivity contribution >= 4 is 5.91 Å². The average Bonchev–Trinajstić information content (AvgIpc) is 3.01. The molecule has 2 bridgehead atoms. The first kappa shape index (κ1) is 12.0. The van der Waals surface area contributed by atoms with Gasteiger partial charge in [-0.25, -0.2) is 0 Å². The molecule has 0 aromatic heterocycles. The van der Waals surface area contributed by atoms with Gasteiger partial charge in [0.05, 0.1) is 12.0 Å². The van der Waals surface area contributed by atoms with Gasteiger partial charge in [0, 0.05) is 19.5 Å². The van der Waals surface area contributed by atoms with E-state index in [0.29, 0.717) is 18.4 Å². The highest BCUT2D eigenvalue weighted by molar-refractivity contribution is 5.76. The third kappa shape index (κ3) is 2.25. The van der Waals surface area contributed by atoms with Crippen molar-refractivity contribution in [1.82, 2.24) is 4.90 Å². The van der Waals surface area contributed by atoms with Gasteiger partial charge < -0.3 is 4.90 Å². The highest BCUT2D eigenvalue weighted by atomic mass is 16.2. The molecule has 3 rings (SSSR count). The van der Waals surface area contributed by atoms with Crippen LogP contribution in [0.1, 0.15) is 44.9 Å². The molecule has 2 aliphatic carbocycles. The molecule has 0 N–H and O–H groups in total. The summed E-state index contributed by atoms with van der Waals surface area (Å²) < 4.78 is 0. The third-order valence-electron chi connectivity index (χ3n) is 5.28. The molecule has 4 atom stereocenters. The van der Waals surface area contributed by atoms with Gasteiger partial charge in [0.15, 0.2) is 0 Å². The lowest BCUT2D eigenvalue weighted by Gasteiger charge is -2.31. The van der Waals surface area contributed by atoms with E-state index in [0.717, 1.165) is 37.6 Å². The Hall–Kier alpha value is -1.04. The minimum Gasteiger partial charge on any atom is -0.341 e. The molecule has 98 valence electrons. The SMILES string of the molecule is N#CC1CCCN(C(=O)CC2CC3CCC2C3)C1. The minimum atomic E-state index is 0.0720. The van der Waals surface area contributed by atoms with Crippen LogP contribution in [0.4, 0.5) is 0 Å². The van der Waals surface area contributed by atoms with Gasteiger partial charge in [0.25, 0.3) is 0 Å². The second-order valence-electron chi connectivity index (χ2n) is 6.45. The van der Waals surface area contributed by atoms with Crippen LogP contribution in [0, 0.1) is 35.0 Å². The maximum Gasteiger partial charge on any atom is 0.222 e. The lowest BCUT2D eigenvalue weighted by molar-refractivity contribution is -0.134. The highest BCUT2D eigenvalue weighted by Crippen LogP contribution is 2.49. The lowest BCUT2D eigenvalue weighted by Crippen LogP contribution is -2.40. The smallest absolute Gasteiger partial charge is 0.222 e. The van der Waals surface area contributed by atoms with Crippen LogP contribution in [0.3, 0.4) is 0 Å². The minimum absolute atomic E-state index is 0.0720. The fourth-order valence-corrected chi connectivity index (χ4v) is 4.29. The van der Waals surface area contributed by atoms with Gasteiger partial charge in [-0.1, -0.05) is 6.42 Å². The number of piperidine rings is 1. The Morgan fingerprint density at radius 2 is 2.17 bits per heavy atom. The molecule has 0 spiro atoms. The van der Waals surface area contributed by atoms with E-state index in [1.165, 1.54) is 25.7 Å². The molecule has 1 heterocycles. The summed E-state index contributed by atoms with van der Waals surface area (Å²) in [4.78, 5) is 14.3. The number of hydrogen-bond donors (Lipinski definition) is 0. The van der Waals surface area contributed by atoms with E-state index in [9.17, 15) is 4.79 Å². The van der Waals surface area contributed by atoms with E-state index in [1.807, 2.05) is 4.90 Å². The fraction of sp³-hybridized carbons (Fsp3) is 0.867. The Labute approximate surface area is 109 Å². The number of carbonyl (C=O) groups excluding carboxylic acids is 1. The molecular weight excluding hydrogens is 224 g/mol. The van der Waals surface area contributed by atoms with Gasteiger partial charge in [-0.05, 0) is 49.9 Å². The molecule has 3 heteroatoms. The number of fused-ring (bicyclic) bond motifs is 2. The van der Waals surface area contributed by atoms with Crippen LogP contribution in [-0.2, 0) is 4.79 Å². The van der Waals surface area contributed by atoms with Crippen LogP contribution < -0.4 is 0 Å². The van der Waals surface area contributed by atoms with Gasteiger partial charge in [0.2, 0.25) is 5.91 Å². The van der Waals surface area contributed by atoms with E-state index in [4.69, 9.17) is 5.26 Å². The predicted octanol–water partition coefficient (Wildman–Crippen LogP) is 2.57. The van der Waals surface area contributed by atoms with Crippen molar-refractivity contribution in [3.05, 3.63) is 0 Å². The van der Waals surface area contributed by atoms with Crippen molar-refractivity contribution in [2.45, 2.75) is 44.9 Å². The van der Waals surface area contributed by atoms with E-state index in [1.54, 1.807) is 0 Å². The van der Waals surface area contributed by atoms with Gasteiger partial charge in [-0.15, -0.1) is 0 Å². The summed E-state index contributed by atoms with van der Waals surface area (Å²) in [6.45, 7) is 1.55. The van der Waals surface area contributed by atoms with Crippen LogP contribution in [0.15, 0.2) is 0 Å². The van der Waals surface area contributed by atoms with Crippen LogP contribution in [0.2, 0.25) is 0 Å². The summed E-state index contributed by atoms with van der Waals surface area (Å²) in [5.74, 6) is 2.78. The molecule has 3 nitrogen and oxygen atoms in total. The Bertz CT molecular complexity index is 373. The number of nitrogens with zero attached hydrogens (tertiary/aromatic N) is 2. The molecule has 0 radical (unpaired) electrons. The van der Waals surface area contributed by atoms with Gasteiger partial charge in [0.1, 0.15) is 0 Å². The predicted molar refractivity (Wildman–Crippen MR) is 68.5 cm³/mol. The van der Waals surface area contributed by atoms with Crippen molar-refractivity contribution in [1.29, 1.82) is 5.26 Å². The molecule has 2 saturated carbocycles. The van der Waals surface area contributed by atoms with Crippen LogP contribution >= 0.6 is 0 Å². The molecule has 3 aliphatic rings. The summed E-state index contributed by atoms with van der Waals surface area (Å²) in [6, 6.07) is 2.32. The lowest BCUT2D eigenvalue weighted by atomic mass is 9.86. The Morgan fingerprint density at radius 1 is 1.28 bits per heavy atom. The largest absolute Gasteiger partial charge is 0.341 e. The van der Waals surface area contributed by atoms with Gasteiger partial charge in [-0.3, -0.25) is 4.79 Å². The summed E-state index contributed by atoms with van der Waals surface area (Å²) in [6.07, 6.45) is 8.12. The second-order valence-corrected chi connectivity index (χ2v) is 6.45. The number of likely N-dealkylation sites (tertiary alicyclic amines) is 1. The van der Waals surface area contributed by atoms with Crippen LogP contribution in [0.5, 0.6) is 0 Å². The zero-order valence-electron chi connectivity index (χ0n) is 11.0. The van der Waals surface area contributed by atoms with E-state index in [2.05, 4.69) is 6.07 Å². The highest BCUT2D eigenvalue weighted by Gasteiger charge is 2.40. The molecule has 18 heavy (non-hydrogen) atoms. The van der Waals surface area contributed by atoms with Crippen LogP contribution in [0.25, 0.3) is 0 Å². The normalized spacial score (nSPS) is 38.7. The number of carbonyl (C=O) groups is 1. The van der Waals surface area contributed by atoms with Gasteiger partial charge in [-0.2, -0.15) is 5.26 Å². The van der Waals surface area contributed by atoms with Gasteiger partial charge >= 0.3 is 0 Å². The standard InChI is InChI=1S/C15H22N2O/c16-9-12-2-1-5-17(10-12)15(18)8-14-7-11-3-4-13(14)6-11/h11-14H,1-8,10H2. The first-order chi connectivity index (χ1) is 8.76. The Kier molecular flexibility index (Phi) is 3.28. The first-order valence-corrected chi connectivity index (χ1v) is 7.43.